The van der Waals surface area contributed by atoms with Crippen molar-refractivity contribution in [2.75, 3.05) is 46.3 Å². The molecule has 11 nitrogen and oxygen atoms in total. The molecule has 0 aromatic carbocycles. The molecule has 11 heteroatoms. The molecule has 48 heavy (non-hydrogen) atoms. The fourth-order valence-electron chi connectivity index (χ4n) is 6.51. The quantitative estimate of drug-likeness (QED) is 0.0747. The van der Waals surface area contributed by atoms with Crippen LogP contribution in [-0.2, 0) is 19.0 Å². The molecule has 2 fully saturated rings. The van der Waals surface area contributed by atoms with Crippen LogP contribution in [0.4, 0.5) is 4.79 Å². The van der Waals surface area contributed by atoms with E-state index in [9.17, 15) is 24.9 Å². The largest absolute Gasteiger partial charge is 0.457 e. The number of rotatable bonds is 13. The SMILES string of the molecule is CCC(O)C(C)C1OC1CC(C)C=CC=C(C)C1OC(=O)CC(O)CCC(C)(O)C(OC(=O)NCCCN2CCN(C)CC2)C=CC1C. The maximum Gasteiger partial charge on any atom is 0.407 e. The summed E-state index contributed by atoms with van der Waals surface area (Å²) in [6, 6.07) is 0. The van der Waals surface area contributed by atoms with Crippen molar-refractivity contribution < 1.29 is 39.1 Å². The van der Waals surface area contributed by atoms with Gasteiger partial charge in [0.1, 0.15) is 11.7 Å². The fourth-order valence-corrected chi connectivity index (χ4v) is 6.51. The Bertz CT molecular complexity index is 1100. The second kappa shape index (κ2) is 19.2. The molecule has 0 aliphatic carbocycles. The minimum Gasteiger partial charge on any atom is -0.457 e. The molecule has 10 unspecified atom stereocenters. The van der Waals surface area contributed by atoms with Crippen LogP contribution in [-0.4, -0.2) is 126 Å². The number of ether oxygens (including phenoxy) is 3. The second-order valence-electron chi connectivity index (χ2n) is 14.6. The summed E-state index contributed by atoms with van der Waals surface area (Å²) in [5, 5.41) is 34.9. The summed E-state index contributed by atoms with van der Waals surface area (Å²) in [6.07, 6.45) is 8.56. The third-order valence-corrected chi connectivity index (χ3v) is 10.1. The molecular formula is C37H63N3O8. The van der Waals surface area contributed by atoms with Gasteiger partial charge in [-0.1, -0.05) is 52.0 Å². The number of alkyl carbamates (subject to hydrolysis) is 1. The van der Waals surface area contributed by atoms with Crippen molar-refractivity contribution in [3.8, 4) is 0 Å². The lowest BCUT2D eigenvalue weighted by atomic mass is 9.88. The Labute approximate surface area is 288 Å². The smallest absolute Gasteiger partial charge is 0.407 e. The average Bonchev–Trinajstić information content (AvgIpc) is 3.80. The molecule has 0 spiro atoms. The Kier molecular flexibility index (Phi) is 16.1. The number of aliphatic hydroxyl groups is 3. The Morgan fingerprint density at radius 3 is 2.62 bits per heavy atom. The van der Waals surface area contributed by atoms with Gasteiger partial charge in [0.15, 0.2) is 6.10 Å². The Balaban J connectivity index is 1.62. The zero-order valence-corrected chi connectivity index (χ0v) is 30.3. The first kappa shape index (κ1) is 40.2. The molecule has 0 saturated carbocycles. The van der Waals surface area contributed by atoms with E-state index in [-0.39, 0.29) is 55.3 Å². The van der Waals surface area contributed by atoms with Gasteiger partial charge in [0.05, 0.1) is 30.8 Å². The number of allylic oxidation sites excluding steroid dienone is 3. The summed E-state index contributed by atoms with van der Waals surface area (Å²) in [6.45, 7) is 17.0. The van der Waals surface area contributed by atoms with Gasteiger partial charge in [0, 0.05) is 44.6 Å². The van der Waals surface area contributed by atoms with Crippen LogP contribution in [0, 0.1) is 17.8 Å². The molecule has 0 aromatic heterocycles. The van der Waals surface area contributed by atoms with Crippen LogP contribution in [0.1, 0.15) is 80.1 Å². The van der Waals surface area contributed by atoms with E-state index >= 15 is 0 Å². The van der Waals surface area contributed by atoms with E-state index in [1.54, 1.807) is 13.0 Å². The van der Waals surface area contributed by atoms with E-state index in [2.05, 4.69) is 35.2 Å². The molecule has 0 radical (unpaired) electrons. The third kappa shape index (κ3) is 13.2. The first-order chi connectivity index (χ1) is 22.7. The molecule has 0 bridgehead atoms. The first-order valence-electron chi connectivity index (χ1n) is 18.0. The van der Waals surface area contributed by atoms with Gasteiger partial charge in [-0.2, -0.15) is 0 Å². The lowest BCUT2D eigenvalue weighted by Gasteiger charge is -2.33. The summed E-state index contributed by atoms with van der Waals surface area (Å²) in [5.41, 5.74) is -0.647. The molecule has 3 aliphatic rings. The summed E-state index contributed by atoms with van der Waals surface area (Å²) < 4.78 is 17.5. The van der Waals surface area contributed by atoms with E-state index in [1.165, 1.54) is 0 Å². The fraction of sp³-hybridized carbons (Fsp3) is 0.784. The Morgan fingerprint density at radius 2 is 1.94 bits per heavy atom. The van der Waals surface area contributed by atoms with E-state index in [0.29, 0.717) is 13.0 Å². The normalized spacial score (nSPS) is 33.3. The van der Waals surface area contributed by atoms with E-state index in [1.807, 2.05) is 45.9 Å². The van der Waals surface area contributed by atoms with Gasteiger partial charge < -0.3 is 44.6 Å². The van der Waals surface area contributed by atoms with Crippen LogP contribution in [0.25, 0.3) is 0 Å². The highest BCUT2D eigenvalue weighted by Gasteiger charge is 2.45. The predicted octanol–water partition coefficient (Wildman–Crippen LogP) is 3.82. The van der Waals surface area contributed by atoms with Crippen LogP contribution in [0.5, 0.6) is 0 Å². The van der Waals surface area contributed by atoms with Gasteiger partial charge in [0.2, 0.25) is 0 Å². The van der Waals surface area contributed by atoms with Crippen molar-refractivity contribution >= 4 is 12.1 Å². The van der Waals surface area contributed by atoms with Gasteiger partial charge in [0.25, 0.3) is 0 Å². The monoisotopic (exact) mass is 677 g/mol. The average molecular weight is 678 g/mol. The summed E-state index contributed by atoms with van der Waals surface area (Å²) >= 11 is 0. The zero-order valence-electron chi connectivity index (χ0n) is 30.3. The number of hydrogen-bond donors (Lipinski definition) is 4. The molecule has 4 N–H and O–H groups in total. The summed E-state index contributed by atoms with van der Waals surface area (Å²) in [4.78, 5) is 30.3. The van der Waals surface area contributed by atoms with Crippen molar-refractivity contribution in [2.45, 2.75) is 122 Å². The summed E-state index contributed by atoms with van der Waals surface area (Å²) in [5.74, 6) is -0.461. The maximum absolute atomic E-state index is 12.8. The van der Waals surface area contributed by atoms with Crippen molar-refractivity contribution in [3.05, 3.63) is 36.0 Å². The predicted molar refractivity (Wildman–Crippen MR) is 186 cm³/mol. The highest BCUT2D eigenvalue weighted by molar-refractivity contribution is 5.70. The molecule has 10 atom stereocenters. The van der Waals surface area contributed by atoms with Crippen LogP contribution < -0.4 is 5.32 Å². The topological polar surface area (TPSA) is 144 Å². The van der Waals surface area contributed by atoms with Gasteiger partial charge >= 0.3 is 12.1 Å². The number of epoxide rings is 1. The molecule has 3 aliphatic heterocycles. The lowest BCUT2D eigenvalue weighted by molar-refractivity contribution is -0.151. The summed E-state index contributed by atoms with van der Waals surface area (Å²) in [7, 11) is 2.12. The maximum atomic E-state index is 12.8. The number of hydrogen-bond acceptors (Lipinski definition) is 10. The molecule has 3 heterocycles. The standard InChI is InChI=1S/C37H63N3O8/c1-8-30(42)28(5)35-31(46-35)23-25(2)11-9-12-26(3)34-27(4)13-14-32(37(6,45)16-15-29(41)24-33(43)48-34)47-36(44)38-17-10-18-40-21-19-39(7)20-22-40/h9,11-14,25,27-32,34-35,41-42,45H,8,10,15-24H2,1-7H3,(H,38,44). The van der Waals surface area contributed by atoms with Crippen LogP contribution in [0.15, 0.2) is 36.0 Å². The van der Waals surface area contributed by atoms with Crippen molar-refractivity contribution in [2.24, 2.45) is 17.8 Å². The van der Waals surface area contributed by atoms with Crippen LogP contribution in [0.2, 0.25) is 0 Å². The second-order valence-corrected chi connectivity index (χ2v) is 14.6. The molecule has 2 saturated heterocycles. The van der Waals surface area contributed by atoms with Gasteiger partial charge in [-0.25, -0.2) is 4.79 Å². The molecule has 0 aromatic rings. The highest BCUT2D eigenvalue weighted by Crippen LogP contribution is 2.36. The number of nitrogens with zero attached hydrogens (tertiary/aromatic N) is 2. The van der Waals surface area contributed by atoms with Crippen molar-refractivity contribution in [1.29, 1.82) is 0 Å². The molecule has 1 amide bonds. The van der Waals surface area contributed by atoms with Gasteiger partial charge in [-0.3, -0.25) is 4.79 Å². The van der Waals surface area contributed by atoms with Crippen LogP contribution in [0.3, 0.4) is 0 Å². The molecule has 3 rings (SSSR count). The van der Waals surface area contributed by atoms with E-state index in [0.717, 1.165) is 51.1 Å². The Morgan fingerprint density at radius 1 is 1.23 bits per heavy atom. The molecule has 274 valence electrons. The number of nitrogens with one attached hydrogen (secondary N) is 1. The number of aliphatic hydroxyl groups excluding tert-OH is 2. The zero-order chi connectivity index (χ0) is 35.4. The minimum atomic E-state index is -1.46. The number of amides is 1. The van der Waals surface area contributed by atoms with E-state index < -0.39 is 36.0 Å². The third-order valence-electron chi connectivity index (χ3n) is 10.1. The number of esters is 1. The van der Waals surface area contributed by atoms with Crippen molar-refractivity contribution in [1.82, 2.24) is 15.1 Å². The number of carbonyl (C=O) groups excluding carboxylic acids is 2. The molecular weight excluding hydrogens is 614 g/mol. The number of carbonyl (C=O) groups is 2. The number of piperazine rings is 1. The van der Waals surface area contributed by atoms with Crippen LogP contribution >= 0.6 is 0 Å². The number of likely N-dealkylation sites (N-methyl/N-ethyl adjacent to an activating group) is 1. The van der Waals surface area contributed by atoms with E-state index in [4.69, 9.17) is 14.2 Å². The van der Waals surface area contributed by atoms with Gasteiger partial charge in [-0.05, 0) is 77.1 Å². The Hall–Kier alpha value is -2.28. The first-order valence-corrected chi connectivity index (χ1v) is 18.0. The number of cyclic esters (lactones) is 1. The van der Waals surface area contributed by atoms with Gasteiger partial charge in [-0.15, -0.1) is 0 Å². The van der Waals surface area contributed by atoms with Crippen molar-refractivity contribution in [3.63, 3.8) is 0 Å². The highest BCUT2D eigenvalue weighted by atomic mass is 16.6. The minimum absolute atomic E-state index is 0.0959. The lowest BCUT2D eigenvalue weighted by Crippen LogP contribution is -2.46.